The fraction of sp³-hybridized carbons (Fsp3) is 0.625. The smallest absolute Gasteiger partial charge is 0.122 e. The van der Waals surface area contributed by atoms with E-state index in [0.717, 1.165) is 48.8 Å². The Balaban J connectivity index is 1.87. The molecular weight excluding hydrogens is 364 g/mol. The van der Waals surface area contributed by atoms with Crippen molar-refractivity contribution in [3.8, 4) is 17.6 Å². The molecule has 0 N–H and O–H groups in total. The summed E-state index contributed by atoms with van der Waals surface area (Å²) in [6.45, 7) is 6.04. The highest BCUT2D eigenvalue weighted by molar-refractivity contribution is 5.44. The number of hydrogen-bond donors (Lipinski definition) is 0. The molecule has 1 aromatic carbocycles. The zero-order chi connectivity index (χ0) is 20.7. The molecule has 160 valence electrons. The van der Waals surface area contributed by atoms with Gasteiger partial charge in [-0.1, -0.05) is 45.4 Å². The van der Waals surface area contributed by atoms with Crippen LogP contribution in [-0.2, 0) is 11.2 Å². The topological polar surface area (TPSA) is 54.7 Å². The molecule has 0 unspecified atom stereocenters. The number of nitriles is 1. The summed E-state index contributed by atoms with van der Waals surface area (Å²) in [6, 6.07) is 8.21. The predicted octanol–water partition coefficient (Wildman–Crippen LogP) is 5.11. The second-order valence-electron chi connectivity index (χ2n) is 7.53. The van der Waals surface area contributed by atoms with Gasteiger partial charge >= 0.3 is 0 Å². The Kier molecular flexibility index (Phi) is 11.1. The van der Waals surface area contributed by atoms with Crippen molar-refractivity contribution in [1.82, 2.24) is 4.90 Å². The average molecular weight is 401 g/mol. The van der Waals surface area contributed by atoms with Crippen molar-refractivity contribution in [3.63, 3.8) is 0 Å². The Morgan fingerprint density at radius 3 is 2.55 bits per heavy atom. The number of rotatable bonds is 13. The number of unbranched alkanes of at least 4 members (excludes halogenated alkanes) is 6. The van der Waals surface area contributed by atoms with Crippen LogP contribution in [0.25, 0.3) is 0 Å². The second-order valence-corrected chi connectivity index (χ2v) is 7.53. The molecule has 0 saturated carbocycles. The fourth-order valence-electron chi connectivity index (χ4n) is 3.48. The molecule has 2 rings (SSSR count). The SMILES string of the molecule is CCCCCCCCCOc1ccc(OC)c(C/C(C#N)=C/N2CCOCC2)c1. The summed E-state index contributed by atoms with van der Waals surface area (Å²) in [7, 11) is 1.66. The third-order valence-electron chi connectivity index (χ3n) is 5.18. The molecule has 1 aromatic rings. The standard InChI is InChI=1S/C24H36N2O3/c1-3-4-5-6-7-8-9-14-29-23-10-11-24(27-2)22(18-23)17-21(19-25)20-26-12-15-28-16-13-26/h10-11,18,20H,3-9,12-17H2,1-2H3/b21-20-. The number of methoxy groups -OCH3 is 1. The number of ether oxygens (including phenoxy) is 3. The minimum atomic E-state index is 0.533. The van der Waals surface area contributed by atoms with E-state index in [9.17, 15) is 5.26 Å². The van der Waals surface area contributed by atoms with E-state index in [1.165, 1.54) is 38.5 Å². The maximum atomic E-state index is 9.58. The van der Waals surface area contributed by atoms with E-state index in [2.05, 4.69) is 17.9 Å². The zero-order valence-electron chi connectivity index (χ0n) is 18.1. The van der Waals surface area contributed by atoms with Gasteiger partial charge in [-0.05, 0) is 24.6 Å². The maximum Gasteiger partial charge on any atom is 0.122 e. The molecular formula is C24H36N2O3. The Labute approximate surface area is 176 Å². The van der Waals surface area contributed by atoms with Crippen LogP contribution in [0.15, 0.2) is 30.0 Å². The Morgan fingerprint density at radius 1 is 1.14 bits per heavy atom. The monoisotopic (exact) mass is 400 g/mol. The van der Waals surface area contributed by atoms with Gasteiger partial charge < -0.3 is 19.1 Å². The van der Waals surface area contributed by atoms with Gasteiger partial charge in [0.05, 0.1) is 33.0 Å². The van der Waals surface area contributed by atoms with E-state index in [-0.39, 0.29) is 0 Å². The molecule has 1 fully saturated rings. The molecule has 0 aromatic heterocycles. The summed E-state index contributed by atoms with van der Waals surface area (Å²) in [5.74, 6) is 1.63. The number of morpholine rings is 1. The van der Waals surface area contributed by atoms with Crippen molar-refractivity contribution in [2.75, 3.05) is 40.0 Å². The Hall–Kier alpha value is -2.19. The van der Waals surface area contributed by atoms with Gasteiger partial charge in [0.25, 0.3) is 0 Å². The molecule has 1 heterocycles. The van der Waals surface area contributed by atoms with E-state index in [0.29, 0.717) is 19.6 Å². The highest BCUT2D eigenvalue weighted by atomic mass is 16.5. The van der Waals surface area contributed by atoms with Crippen LogP contribution >= 0.6 is 0 Å². The minimum Gasteiger partial charge on any atom is -0.496 e. The Morgan fingerprint density at radius 2 is 1.86 bits per heavy atom. The maximum absolute atomic E-state index is 9.58. The molecule has 29 heavy (non-hydrogen) atoms. The summed E-state index contributed by atoms with van der Waals surface area (Å²) >= 11 is 0. The van der Waals surface area contributed by atoms with Gasteiger partial charge in [0.2, 0.25) is 0 Å². The van der Waals surface area contributed by atoms with Crippen molar-refractivity contribution in [2.45, 2.75) is 58.3 Å². The lowest BCUT2D eigenvalue weighted by atomic mass is 10.0. The molecule has 0 radical (unpaired) electrons. The van der Waals surface area contributed by atoms with E-state index in [4.69, 9.17) is 14.2 Å². The first-order valence-electron chi connectivity index (χ1n) is 11.0. The lowest BCUT2D eigenvalue weighted by molar-refractivity contribution is 0.0591. The molecule has 0 atom stereocenters. The quantitative estimate of drug-likeness (QED) is 0.340. The van der Waals surface area contributed by atoms with Crippen molar-refractivity contribution in [3.05, 3.63) is 35.5 Å². The summed E-state index contributed by atoms with van der Waals surface area (Å²) in [6.07, 6.45) is 11.4. The van der Waals surface area contributed by atoms with E-state index in [1.807, 2.05) is 24.4 Å². The van der Waals surface area contributed by atoms with Crippen molar-refractivity contribution in [1.29, 1.82) is 5.26 Å². The second kappa shape index (κ2) is 13.9. The van der Waals surface area contributed by atoms with Gasteiger partial charge in [0.15, 0.2) is 0 Å². The molecule has 5 nitrogen and oxygen atoms in total. The third kappa shape index (κ3) is 8.79. The largest absolute Gasteiger partial charge is 0.496 e. The first kappa shape index (κ1) is 23.1. The third-order valence-corrected chi connectivity index (χ3v) is 5.18. The predicted molar refractivity (Wildman–Crippen MR) is 116 cm³/mol. The zero-order valence-corrected chi connectivity index (χ0v) is 18.1. The highest BCUT2D eigenvalue weighted by Gasteiger charge is 2.12. The molecule has 0 aliphatic carbocycles. The van der Waals surface area contributed by atoms with E-state index >= 15 is 0 Å². The summed E-state index contributed by atoms with van der Waals surface area (Å²) in [5, 5.41) is 9.58. The van der Waals surface area contributed by atoms with Crippen molar-refractivity contribution >= 4 is 0 Å². The normalized spacial score (nSPS) is 14.5. The van der Waals surface area contributed by atoms with E-state index < -0.39 is 0 Å². The Bertz CT molecular complexity index is 661. The van der Waals surface area contributed by atoms with Gasteiger partial charge in [0, 0.05) is 36.8 Å². The number of hydrogen-bond acceptors (Lipinski definition) is 5. The molecule has 1 aliphatic rings. The molecule has 0 spiro atoms. The first-order valence-corrected chi connectivity index (χ1v) is 11.0. The van der Waals surface area contributed by atoms with Gasteiger partial charge in [-0.2, -0.15) is 5.26 Å². The summed E-state index contributed by atoms with van der Waals surface area (Å²) < 4.78 is 16.8. The van der Waals surface area contributed by atoms with Crippen LogP contribution in [0.1, 0.15) is 57.4 Å². The average Bonchev–Trinajstić information content (AvgIpc) is 2.76. The van der Waals surface area contributed by atoms with Crippen LogP contribution in [0.3, 0.4) is 0 Å². The van der Waals surface area contributed by atoms with Crippen LogP contribution in [0.5, 0.6) is 11.5 Å². The summed E-state index contributed by atoms with van der Waals surface area (Å²) in [5.41, 5.74) is 1.69. The van der Waals surface area contributed by atoms with Crippen molar-refractivity contribution < 1.29 is 14.2 Å². The van der Waals surface area contributed by atoms with E-state index in [1.54, 1.807) is 7.11 Å². The highest BCUT2D eigenvalue weighted by Crippen LogP contribution is 2.27. The van der Waals surface area contributed by atoms with Crippen LogP contribution in [0.4, 0.5) is 0 Å². The number of allylic oxidation sites excluding steroid dienone is 1. The first-order chi connectivity index (χ1) is 14.3. The molecule has 5 heteroatoms. The molecule has 1 saturated heterocycles. The molecule has 1 aliphatic heterocycles. The fourth-order valence-corrected chi connectivity index (χ4v) is 3.48. The van der Waals surface area contributed by atoms with Crippen LogP contribution in [0.2, 0.25) is 0 Å². The van der Waals surface area contributed by atoms with Gasteiger partial charge in [-0.3, -0.25) is 0 Å². The van der Waals surface area contributed by atoms with Crippen LogP contribution in [-0.4, -0.2) is 44.9 Å². The van der Waals surface area contributed by atoms with Crippen LogP contribution < -0.4 is 9.47 Å². The summed E-state index contributed by atoms with van der Waals surface area (Å²) in [4.78, 5) is 2.15. The molecule has 0 amide bonds. The number of benzene rings is 1. The molecule has 0 bridgehead atoms. The van der Waals surface area contributed by atoms with Gasteiger partial charge in [-0.15, -0.1) is 0 Å². The number of nitrogens with zero attached hydrogens (tertiary/aromatic N) is 2. The van der Waals surface area contributed by atoms with Gasteiger partial charge in [0.1, 0.15) is 11.5 Å². The lowest BCUT2D eigenvalue weighted by Gasteiger charge is -2.25. The lowest BCUT2D eigenvalue weighted by Crippen LogP contribution is -2.32. The van der Waals surface area contributed by atoms with Crippen molar-refractivity contribution in [2.24, 2.45) is 0 Å². The minimum absolute atomic E-state index is 0.533. The van der Waals surface area contributed by atoms with Crippen LogP contribution in [0, 0.1) is 11.3 Å². The van der Waals surface area contributed by atoms with Gasteiger partial charge in [-0.25, -0.2) is 0 Å².